The minimum atomic E-state index is 0.599. The smallest absolute Gasteiger partial charge is 0.0637 e. The fourth-order valence-electron chi connectivity index (χ4n) is 3.62. The maximum absolute atomic E-state index is 5.76. The topological polar surface area (TPSA) is 24.5 Å². The predicted octanol–water partition coefficient (Wildman–Crippen LogP) is 2.41. The molecule has 0 aliphatic carbocycles. The van der Waals surface area contributed by atoms with E-state index in [0.717, 1.165) is 25.8 Å². The molecule has 3 atom stereocenters. The maximum Gasteiger partial charge on any atom is 0.0637 e. The van der Waals surface area contributed by atoms with Gasteiger partial charge in [0.25, 0.3) is 0 Å². The average molecular weight is 254 g/mol. The van der Waals surface area contributed by atoms with E-state index in [1.807, 2.05) is 0 Å². The highest BCUT2D eigenvalue weighted by Gasteiger charge is 2.34. The normalized spacial score (nSPS) is 35.3. The second-order valence-electron chi connectivity index (χ2n) is 5.74. The molecule has 0 aromatic heterocycles. The van der Waals surface area contributed by atoms with E-state index in [-0.39, 0.29) is 0 Å². The number of nitrogens with zero attached hydrogens (tertiary/aromatic N) is 1. The summed E-state index contributed by atoms with van der Waals surface area (Å²) in [6, 6.07) is 2.01. The van der Waals surface area contributed by atoms with Crippen LogP contribution in [0, 0.1) is 0 Å². The summed E-state index contributed by atoms with van der Waals surface area (Å²) in [7, 11) is 0. The van der Waals surface area contributed by atoms with Crippen LogP contribution in [-0.4, -0.2) is 49.3 Å². The van der Waals surface area contributed by atoms with Crippen molar-refractivity contribution in [2.45, 2.75) is 70.5 Å². The van der Waals surface area contributed by atoms with Crippen molar-refractivity contribution in [3.63, 3.8) is 0 Å². The summed E-state index contributed by atoms with van der Waals surface area (Å²) in [5.41, 5.74) is 0. The van der Waals surface area contributed by atoms with Gasteiger partial charge in [-0.1, -0.05) is 26.7 Å². The van der Waals surface area contributed by atoms with Crippen molar-refractivity contribution in [3.8, 4) is 0 Å². The second kappa shape index (κ2) is 7.46. The number of rotatable bonds is 4. The van der Waals surface area contributed by atoms with Crippen LogP contribution >= 0.6 is 0 Å². The molecule has 2 aliphatic heterocycles. The number of hydrogen-bond donors (Lipinski definition) is 1. The molecule has 2 heterocycles. The van der Waals surface area contributed by atoms with E-state index in [9.17, 15) is 0 Å². The third-order valence-electron chi connectivity index (χ3n) is 4.61. The van der Waals surface area contributed by atoms with Gasteiger partial charge in [-0.15, -0.1) is 0 Å². The Morgan fingerprint density at radius 3 is 2.83 bits per heavy atom. The van der Waals surface area contributed by atoms with E-state index in [1.165, 1.54) is 45.1 Å². The van der Waals surface area contributed by atoms with Gasteiger partial charge in [-0.25, -0.2) is 0 Å². The van der Waals surface area contributed by atoms with Crippen LogP contribution in [0.1, 0.15) is 52.4 Å². The van der Waals surface area contributed by atoms with Crippen LogP contribution in [0.4, 0.5) is 0 Å². The Labute approximate surface area is 112 Å². The third kappa shape index (κ3) is 3.46. The molecule has 2 fully saturated rings. The lowest BCUT2D eigenvalue weighted by Crippen LogP contribution is -2.58. The molecule has 2 saturated heterocycles. The summed E-state index contributed by atoms with van der Waals surface area (Å²) in [4.78, 5) is 2.76. The molecule has 0 aromatic rings. The monoisotopic (exact) mass is 254 g/mol. The second-order valence-corrected chi connectivity index (χ2v) is 5.74. The van der Waals surface area contributed by atoms with Crippen molar-refractivity contribution in [2.75, 3.05) is 26.3 Å². The summed E-state index contributed by atoms with van der Waals surface area (Å²) in [6.45, 7) is 8.76. The first-order chi connectivity index (χ1) is 8.86. The Kier molecular flexibility index (Phi) is 5.93. The van der Waals surface area contributed by atoms with Crippen molar-refractivity contribution >= 4 is 0 Å². The van der Waals surface area contributed by atoms with E-state index in [0.29, 0.717) is 12.1 Å². The van der Waals surface area contributed by atoms with Crippen LogP contribution in [0.2, 0.25) is 0 Å². The Morgan fingerprint density at radius 2 is 2.06 bits per heavy atom. The molecule has 1 N–H and O–H groups in total. The predicted molar refractivity (Wildman–Crippen MR) is 75.9 cm³/mol. The fourth-order valence-corrected chi connectivity index (χ4v) is 3.62. The molecule has 0 bridgehead atoms. The fraction of sp³-hybridized carbons (Fsp3) is 1.00. The first-order valence-electron chi connectivity index (χ1n) is 7.93. The molecule has 3 heteroatoms. The lowest BCUT2D eigenvalue weighted by atomic mass is 9.98. The average Bonchev–Trinajstić information content (AvgIpc) is 2.65. The van der Waals surface area contributed by atoms with Crippen LogP contribution in [0.25, 0.3) is 0 Å². The van der Waals surface area contributed by atoms with E-state index in [2.05, 4.69) is 24.1 Å². The van der Waals surface area contributed by atoms with Gasteiger partial charge in [0.15, 0.2) is 0 Å². The molecule has 0 amide bonds. The zero-order valence-electron chi connectivity index (χ0n) is 12.2. The molecule has 3 unspecified atom stereocenters. The lowest BCUT2D eigenvalue weighted by molar-refractivity contribution is -0.0191. The van der Waals surface area contributed by atoms with Crippen molar-refractivity contribution in [3.05, 3.63) is 0 Å². The van der Waals surface area contributed by atoms with Crippen LogP contribution in [0.5, 0.6) is 0 Å². The van der Waals surface area contributed by atoms with Crippen molar-refractivity contribution in [2.24, 2.45) is 0 Å². The summed E-state index contributed by atoms with van der Waals surface area (Å²) in [6.07, 6.45) is 8.03. The van der Waals surface area contributed by atoms with Gasteiger partial charge in [-0.2, -0.15) is 0 Å². The molecular weight excluding hydrogens is 224 g/mol. The summed E-state index contributed by atoms with van der Waals surface area (Å²) in [5.74, 6) is 0. The van der Waals surface area contributed by atoms with Crippen molar-refractivity contribution < 1.29 is 4.74 Å². The van der Waals surface area contributed by atoms with Gasteiger partial charge in [0.2, 0.25) is 0 Å². The standard InChI is InChI=1S/C15H30N2O/c1-3-13-8-6-5-7-10-17(13)15-12-18-11-9-14(15)16-4-2/h13-16H,3-12H2,1-2H3. The molecule has 0 saturated carbocycles. The zero-order valence-corrected chi connectivity index (χ0v) is 12.2. The van der Waals surface area contributed by atoms with Gasteiger partial charge in [0.1, 0.15) is 0 Å². The summed E-state index contributed by atoms with van der Waals surface area (Å²) >= 11 is 0. The van der Waals surface area contributed by atoms with Gasteiger partial charge >= 0.3 is 0 Å². The lowest BCUT2D eigenvalue weighted by Gasteiger charge is -2.43. The summed E-state index contributed by atoms with van der Waals surface area (Å²) < 4.78 is 5.76. The number of hydrogen-bond acceptors (Lipinski definition) is 3. The molecule has 106 valence electrons. The SMILES string of the molecule is CCNC1CCOCC1N1CCCCCC1CC. The first kappa shape index (κ1) is 14.3. The van der Waals surface area contributed by atoms with Gasteiger partial charge in [0.05, 0.1) is 6.61 Å². The van der Waals surface area contributed by atoms with Crippen LogP contribution in [0.3, 0.4) is 0 Å². The number of likely N-dealkylation sites (tertiary alicyclic amines) is 1. The van der Waals surface area contributed by atoms with Crippen LogP contribution < -0.4 is 5.32 Å². The third-order valence-corrected chi connectivity index (χ3v) is 4.61. The largest absolute Gasteiger partial charge is 0.380 e. The highest BCUT2D eigenvalue weighted by atomic mass is 16.5. The van der Waals surface area contributed by atoms with Gasteiger partial charge in [-0.3, -0.25) is 4.90 Å². The summed E-state index contributed by atoms with van der Waals surface area (Å²) in [5, 5.41) is 3.68. The molecule has 18 heavy (non-hydrogen) atoms. The highest BCUT2D eigenvalue weighted by Crippen LogP contribution is 2.25. The Hall–Kier alpha value is -0.120. The Balaban J connectivity index is 2.03. The quantitative estimate of drug-likeness (QED) is 0.834. The zero-order chi connectivity index (χ0) is 12.8. The molecule has 2 aliphatic rings. The molecule has 0 radical (unpaired) electrons. The van der Waals surface area contributed by atoms with E-state index >= 15 is 0 Å². The van der Waals surface area contributed by atoms with E-state index in [1.54, 1.807) is 0 Å². The van der Waals surface area contributed by atoms with Crippen LogP contribution in [-0.2, 0) is 4.74 Å². The molecule has 0 aromatic carbocycles. The number of nitrogens with one attached hydrogen (secondary N) is 1. The number of likely N-dealkylation sites (N-methyl/N-ethyl adjacent to an activating group) is 1. The minimum Gasteiger partial charge on any atom is -0.380 e. The Bertz CT molecular complexity index is 233. The van der Waals surface area contributed by atoms with E-state index < -0.39 is 0 Å². The molecule has 2 rings (SSSR count). The van der Waals surface area contributed by atoms with Gasteiger partial charge in [-0.05, 0) is 38.8 Å². The minimum absolute atomic E-state index is 0.599. The molecular formula is C15H30N2O. The Morgan fingerprint density at radius 1 is 1.17 bits per heavy atom. The van der Waals surface area contributed by atoms with Crippen LogP contribution in [0.15, 0.2) is 0 Å². The first-order valence-corrected chi connectivity index (χ1v) is 7.93. The highest BCUT2D eigenvalue weighted by molar-refractivity contribution is 4.91. The molecule has 3 nitrogen and oxygen atoms in total. The van der Waals surface area contributed by atoms with Crippen molar-refractivity contribution in [1.29, 1.82) is 0 Å². The maximum atomic E-state index is 5.76. The van der Waals surface area contributed by atoms with Gasteiger partial charge < -0.3 is 10.1 Å². The number of ether oxygens (including phenoxy) is 1. The van der Waals surface area contributed by atoms with Crippen molar-refractivity contribution in [1.82, 2.24) is 10.2 Å². The van der Waals surface area contributed by atoms with Gasteiger partial charge in [0, 0.05) is 24.7 Å². The van der Waals surface area contributed by atoms with E-state index in [4.69, 9.17) is 4.74 Å². The molecule has 0 spiro atoms.